The lowest BCUT2D eigenvalue weighted by Gasteiger charge is -2.37. The molecule has 2 aromatic heterocycles. The van der Waals surface area contributed by atoms with Gasteiger partial charge in [0.25, 0.3) is 0 Å². The van der Waals surface area contributed by atoms with Crippen LogP contribution in [0.2, 0.25) is 0 Å². The number of aliphatic carboxylic acids is 1. The normalized spacial score (nSPS) is 27.2. The van der Waals surface area contributed by atoms with Crippen molar-refractivity contribution in [2.24, 2.45) is 11.8 Å². The van der Waals surface area contributed by atoms with Crippen molar-refractivity contribution in [2.45, 2.75) is 127 Å². The minimum absolute atomic E-state index is 0.00388. The molecule has 10 heteroatoms. The second-order valence-electron chi connectivity index (χ2n) is 14.4. The average molecular weight is 661 g/mol. The monoisotopic (exact) mass is 660 g/mol. The average Bonchev–Trinajstić information content (AvgIpc) is 3.59. The summed E-state index contributed by atoms with van der Waals surface area (Å²) in [5.41, 5.74) is 4.29. The minimum atomic E-state index is -0.669. The van der Waals surface area contributed by atoms with Crippen LogP contribution in [-0.2, 0) is 17.6 Å². The molecule has 8 nitrogen and oxygen atoms in total. The maximum Gasteiger partial charge on any atom is 0.306 e. The molecule has 4 heterocycles. The van der Waals surface area contributed by atoms with Gasteiger partial charge < -0.3 is 15.7 Å². The maximum absolute atomic E-state index is 14.3. The quantitative estimate of drug-likeness (QED) is 0.191. The number of aryl methyl sites for hydroxylation is 2. The Labute approximate surface area is 282 Å². The fourth-order valence-electron chi connectivity index (χ4n) is 8.98. The zero-order valence-electron chi connectivity index (χ0n) is 27.8. The number of piperidine rings is 1. The Morgan fingerprint density at radius 2 is 1.83 bits per heavy atom. The fraction of sp³-hybridized carbons (Fsp3) is 0.622. The minimum Gasteiger partial charge on any atom is -0.481 e. The molecule has 3 fully saturated rings. The Hall–Kier alpha value is -3.11. The lowest BCUT2D eigenvalue weighted by Crippen LogP contribution is -2.43. The van der Waals surface area contributed by atoms with Gasteiger partial charge in [0.15, 0.2) is 0 Å². The number of hydrogen-bond donors (Lipinski definition) is 3. The van der Waals surface area contributed by atoms with Gasteiger partial charge in [0.1, 0.15) is 11.6 Å². The Morgan fingerprint density at radius 1 is 1.04 bits per heavy atom. The Kier molecular flexibility index (Phi) is 9.78. The van der Waals surface area contributed by atoms with E-state index >= 15 is 0 Å². The van der Waals surface area contributed by atoms with Crippen LogP contribution in [-0.4, -0.2) is 55.6 Å². The maximum atomic E-state index is 14.3. The summed E-state index contributed by atoms with van der Waals surface area (Å²) >= 11 is 1.70. The summed E-state index contributed by atoms with van der Waals surface area (Å²) in [6.07, 6.45) is 13.1. The Balaban J connectivity index is 1.20. The molecule has 47 heavy (non-hydrogen) atoms. The number of thiazole rings is 1. The van der Waals surface area contributed by atoms with Crippen LogP contribution in [0.4, 0.5) is 16.2 Å². The van der Waals surface area contributed by atoms with Crippen molar-refractivity contribution in [1.82, 2.24) is 19.9 Å². The molecule has 0 amide bonds. The molecule has 2 aliphatic carbocycles. The molecule has 1 aromatic carbocycles. The first-order valence-corrected chi connectivity index (χ1v) is 18.8. The number of nitrogens with zero attached hydrogens (tertiary/aromatic N) is 4. The van der Waals surface area contributed by atoms with Gasteiger partial charge in [0, 0.05) is 35.6 Å². The smallest absolute Gasteiger partial charge is 0.306 e. The lowest BCUT2D eigenvalue weighted by atomic mass is 9.78. The number of carbonyl (C=O) groups is 1. The lowest BCUT2D eigenvalue weighted by molar-refractivity contribution is -0.143. The van der Waals surface area contributed by atoms with Crippen molar-refractivity contribution < 1.29 is 14.3 Å². The second kappa shape index (κ2) is 14.2. The highest BCUT2D eigenvalue weighted by atomic mass is 32.1. The van der Waals surface area contributed by atoms with Gasteiger partial charge in [-0.05, 0) is 114 Å². The topological polar surface area (TPSA) is 103 Å². The molecular formula is C37H49FN6O2S. The molecule has 2 unspecified atom stereocenters. The molecule has 3 N–H and O–H groups in total. The van der Waals surface area contributed by atoms with Gasteiger partial charge in [-0.15, -0.1) is 11.3 Å². The molecule has 3 aromatic rings. The van der Waals surface area contributed by atoms with Gasteiger partial charge in [0.2, 0.25) is 5.95 Å². The van der Waals surface area contributed by atoms with Gasteiger partial charge >= 0.3 is 5.97 Å². The molecule has 252 valence electrons. The third-order valence-electron chi connectivity index (χ3n) is 11.6. The third-order valence-corrected chi connectivity index (χ3v) is 12.4. The van der Waals surface area contributed by atoms with E-state index in [9.17, 15) is 14.3 Å². The fourth-order valence-corrected chi connectivity index (χ4v) is 9.65. The van der Waals surface area contributed by atoms with Crippen LogP contribution < -0.4 is 10.6 Å². The summed E-state index contributed by atoms with van der Waals surface area (Å²) in [5.74, 6) is 1.01. The number of halogens is 1. The van der Waals surface area contributed by atoms with E-state index < -0.39 is 5.97 Å². The first-order valence-electron chi connectivity index (χ1n) is 17.9. The number of fused-ring (bicyclic) bond motifs is 3. The summed E-state index contributed by atoms with van der Waals surface area (Å²) < 4.78 is 14.3. The number of rotatable bonds is 11. The predicted molar refractivity (Wildman–Crippen MR) is 185 cm³/mol. The summed E-state index contributed by atoms with van der Waals surface area (Å²) in [5, 5.41) is 20.4. The number of hydrogen-bond acceptors (Lipinski definition) is 8. The summed E-state index contributed by atoms with van der Waals surface area (Å²) in [7, 11) is 0. The molecule has 4 aliphatic rings. The molecular weight excluding hydrogens is 612 g/mol. The van der Waals surface area contributed by atoms with Crippen molar-refractivity contribution in [3.05, 3.63) is 63.0 Å². The zero-order valence-corrected chi connectivity index (χ0v) is 28.6. The number of carboxylic acids is 1. The number of benzene rings is 1. The molecule has 2 bridgehead atoms. The van der Waals surface area contributed by atoms with Gasteiger partial charge in [0.05, 0.1) is 28.4 Å². The highest BCUT2D eigenvalue weighted by Crippen LogP contribution is 2.40. The van der Waals surface area contributed by atoms with Crippen LogP contribution in [0.3, 0.4) is 0 Å². The van der Waals surface area contributed by atoms with Gasteiger partial charge in [-0.2, -0.15) is 4.98 Å². The standard InChI is InChI=1S/C37H49FN6O2S/c1-3-31(23-10-12-24(13-11-23)36(45)46)41-37-42-32-17-14-26(25-6-4-7-27(38)18-25)19-30(32)35(43-37)40-33(34-21-47-22(2)39-34)20-44-28-8-5-9-29(44)16-15-28/h4,6-7,18,21,23-24,26,28-29,31,33H,3,5,8-17,19-20H2,1-2H3,(H,45,46)(H2,40,41,42,43)/t23?,24?,26-,28?,29?,31-,33+/m1/s1. The second-order valence-corrected chi connectivity index (χ2v) is 15.5. The van der Waals surface area contributed by atoms with E-state index in [1.807, 2.05) is 12.1 Å². The van der Waals surface area contributed by atoms with Gasteiger partial charge in [-0.3, -0.25) is 9.69 Å². The first kappa shape index (κ1) is 32.4. The zero-order chi connectivity index (χ0) is 32.5. The summed E-state index contributed by atoms with van der Waals surface area (Å²) in [4.78, 5) is 29.7. The summed E-state index contributed by atoms with van der Waals surface area (Å²) in [6, 6.07) is 8.52. The van der Waals surface area contributed by atoms with E-state index in [2.05, 4.69) is 34.8 Å². The summed E-state index contributed by atoms with van der Waals surface area (Å²) in [6.45, 7) is 5.16. The Bertz CT molecular complexity index is 1540. The Morgan fingerprint density at radius 3 is 2.51 bits per heavy atom. The predicted octanol–water partition coefficient (Wildman–Crippen LogP) is 7.90. The van der Waals surface area contributed by atoms with Crippen molar-refractivity contribution in [1.29, 1.82) is 0 Å². The van der Waals surface area contributed by atoms with E-state index in [0.29, 0.717) is 23.9 Å². The molecule has 7 rings (SSSR count). The number of aromatic nitrogens is 3. The van der Waals surface area contributed by atoms with Crippen molar-refractivity contribution in [2.75, 3.05) is 17.2 Å². The largest absolute Gasteiger partial charge is 0.481 e. The van der Waals surface area contributed by atoms with Crippen LogP contribution in [0.5, 0.6) is 0 Å². The van der Waals surface area contributed by atoms with E-state index in [-0.39, 0.29) is 29.7 Å². The first-order chi connectivity index (χ1) is 22.8. The molecule has 2 saturated heterocycles. The number of anilines is 2. The molecule has 5 atom stereocenters. The van der Waals surface area contributed by atoms with E-state index in [4.69, 9.17) is 15.0 Å². The van der Waals surface area contributed by atoms with E-state index in [0.717, 1.165) is 91.3 Å². The van der Waals surface area contributed by atoms with Gasteiger partial charge in [-0.25, -0.2) is 14.4 Å². The molecule has 0 spiro atoms. The van der Waals surface area contributed by atoms with Crippen molar-refractivity contribution in [3.63, 3.8) is 0 Å². The van der Waals surface area contributed by atoms with Crippen LogP contribution in [0, 0.1) is 24.6 Å². The van der Waals surface area contributed by atoms with E-state index in [1.54, 1.807) is 17.4 Å². The third kappa shape index (κ3) is 7.19. The van der Waals surface area contributed by atoms with Crippen LogP contribution in [0.25, 0.3) is 0 Å². The van der Waals surface area contributed by atoms with Crippen molar-refractivity contribution >= 4 is 29.1 Å². The van der Waals surface area contributed by atoms with Crippen LogP contribution >= 0.6 is 11.3 Å². The number of nitrogens with one attached hydrogen (secondary N) is 2. The van der Waals surface area contributed by atoms with Crippen molar-refractivity contribution in [3.8, 4) is 0 Å². The number of carboxylic acid groups (broad SMARTS) is 1. The van der Waals surface area contributed by atoms with Crippen LogP contribution in [0.1, 0.15) is 117 Å². The van der Waals surface area contributed by atoms with E-state index in [1.165, 1.54) is 38.2 Å². The molecule has 1 saturated carbocycles. The molecule has 0 radical (unpaired) electrons. The SMILES string of the molecule is CC[C@@H](Nc1nc2c(c(N[C@@H](CN3C4CCCC3CC4)c3csc(C)n3)n1)C[C@H](c1cccc(F)c1)CC2)C1CCC(C(=O)O)CC1. The highest BCUT2D eigenvalue weighted by molar-refractivity contribution is 7.09. The highest BCUT2D eigenvalue weighted by Gasteiger charge is 2.39. The van der Waals surface area contributed by atoms with Crippen LogP contribution in [0.15, 0.2) is 29.6 Å². The molecule has 2 aliphatic heterocycles. The van der Waals surface area contributed by atoms with Gasteiger partial charge in [-0.1, -0.05) is 25.5 Å².